The summed E-state index contributed by atoms with van der Waals surface area (Å²) >= 11 is 0. The molecule has 0 radical (unpaired) electrons. The van der Waals surface area contributed by atoms with Crippen molar-refractivity contribution < 1.29 is 0 Å². The van der Waals surface area contributed by atoms with Gasteiger partial charge in [0.15, 0.2) is 0 Å². The third-order valence-corrected chi connectivity index (χ3v) is 3.81. The average molecular weight is 290 g/mol. The minimum Gasteiger partial charge on any atom is -0.367 e. The summed E-state index contributed by atoms with van der Waals surface area (Å²) in [4.78, 5) is 9.28. The summed E-state index contributed by atoms with van der Waals surface area (Å²) in [5.41, 5.74) is 2.19. The highest BCUT2D eigenvalue weighted by atomic mass is 15.2. The molecule has 22 heavy (non-hydrogen) atoms. The third kappa shape index (κ3) is 2.86. The van der Waals surface area contributed by atoms with Crippen LogP contribution in [0.5, 0.6) is 0 Å². The van der Waals surface area contributed by atoms with E-state index in [1.165, 1.54) is 18.4 Å². The van der Waals surface area contributed by atoms with E-state index in [0.717, 1.165) is 23.3 Å². The largest absolute Gasteiger partial charge is 0.367 e. The molecule has 4 rings (SSSR count). The second kappa shape index (κ2) is 5.64. The molecule has 1 fully saturated rings. The zero-order chi connectivity index (χ0) is 14.8. The number of aromatic nitrogens is 2. The van der Waals surface area contributed by atoms with E-state index in [1.54, 1.807) is 0 Å². The van der Waals surface area contributed by atoms with Crippen molar-refractivity contribution >= 4 is 22.7 Å². The molecule has 4 nitrogen and oxygen atoms in total. The molecular formula is C18H18N4. The van der Waals surface area contributed by atoms with Crippen molar-refractivity contribution in [2.75, 3.05) is 10.6 Å². The fourth-order valence-corrected chi connectivity index (χ4v) is 2.46. The second-order valence-electron chi connectivity index (χ2n) is 5.67. The number of hydrogen-bond acceptors (Lipinski definition) is 4. The molecular weight excluding hydrogens is 272 g/mol. The predicted octanol–water partition coefficient (Wildman–Crippen LogP) is 3.82. The third-order valence-electron chi connectivity index (χ3n) is 3.81. The van der Waals surface area contributed by atoms with Crippen LogP contribution in [0.3, 0.4) is 0 Å². The van der Waals surface area contributed by atoms with Crippen molar-refractivity contribution in [3.63, 3.8) is 0 Å². The molecule has 1 saturated carbocycles. The molecule has 0 unspecified atom stereocenters. The van der Waals surface area contributed by atoms with Crippen LogP contribution >= 0.6 is 0 Å². The quantitative estimate of drug-likeness (QED) is 0.750. The first-order valence-corrected chi connectivity index (χ1v) is 7.69. The monoisotopic (exact) mass is 290 g/mol. The Morgan fingerprint density at radius 1 is 0.909 bits per heavy atom. The molecule has 1 aromatic heterocycles. The SMILES string of the molecule is c1ccc(CNc2nc(NC3CC3)c3ccccc3n2)cc1. The van der Waals surface area contributed by atoms with Gasteiger partial charge in [-0.25, -0.2) is 4.98 Å². The van der Waals surface area contributed by atoms with Crippen molar-refractivity contribution in [3.05, 3.63) is 60.2 Å². The Morgan fingerprint density at radius 3 is 2.50 bits per heavy atom. The first-order valence-electron chi connectivity index (χ1n) is 7.69. The van der Waals surface area contributed by atoms with Gasteiger partial charge in [-0.15, -0.1) is 0 Å². The van der Waals surface area contributed by atoms with Crippen LogP contribution in [0.4, 0.5) is 11.8 Å². The van der Waals surface area contributed by atoms with Crippen molar-refractivity contribution in [3.8, 4) is 0 Å². The van der Waals surface area contributed by atoms with E-state index in [4.69, 9.17) is 0 Å². The van der Waals surface area contributed by atoms with Crippen LogP contribution in [-0.2, 0) is 6.54 Å². The molecule has 2 aromatic carbocycles. The van der Waals surface area contributed by atoms with E-state index in [1.807, 2.05) is 36.4 Å². The van der Waals surface area contributed by atoms with Crippen LogP contribution in [0.1, 0.15) is 18.4 Å². The summed E-state index contributed by atoms with van der Waals surface area (Å²) in [6.45, 7) is 0.724. The first-order chi connectivity index (χ1) is 10.9. The van der Waals surface area contributed by atoms with Crippen molar-refractivity contribution in [2.24, 2.45) is 0 Å². The number of benzene rings is 2. The van der Waals surface area contributed by atoms with Crippen LogP contribution in [0, 0.1) is 0 Å². The van der Waals surface area contributed by atoms with E-state index in [-0.39, 0.29) is 0 Å². The average Bonchev–Trinajstić information content (AvgIpc) is 3.38. The zero-order valence-electron chi connectivity index (χ0n) is 12.3. The maximum absolute atomic E-state index is 4.66. The summed E-state index contributed by atoms with van der Waals surface area (Å²) in [5.74, 6) is 1.61. The van der Waals surface area contributed by atoms with Gasteiger partial charge in [-0.05, 0) is 30.5 Å². The maximum Gasteiger partial charge on any atom is 0.225 e. The van der Waals surface area contributed by atoms with Crippen LogP contribution in [-0.4, -0.2) is 16.0 Å². The number of para-hydroxylation sites is 1. The van der Waals surface area contributed by atoms with Crippen LogP contribution in [0.15, 0.2) is 54.6 Å². The molecule has 0 bridgehead atoms. The minimum atomic E-state index is 0.570. The Bertz CT molecular complexity index is 781. The molecule has 4 heteroatoms. The molecule has 1 heterocycles. The van der Waals surface area contributed by atoms with E-state index in [0.29, 0.717) is 12.0 Å². The second-order valence-corrected chi connectivity index (χ2v) is 5.67. The van der Waals surface area contributed by atoms with Gasteiger partial charge in [0.25, 0.3) is 0 Å². The molecule has 3 aromatic rings. The Labute approximate surface area is 129 Å². The molecule has 0 saturated heterocycles. The van der Waals surface area contributed by atoms with Crippen molar-refractivity contribution in [1.82, 2.24) is 9.97 Å². The lowest BCUT2D eigenvalue weighted by molar-refractivity contribution is 1.05. The molecule has 0 aliphatic heterocycles. The number of fused-ring (bicyclic) bond motifs is 1. The van der Waals surface area contributed by atoms with Gasteiger partial charge in [0.1, 0.15) is 5.82 Å². The topological polar surface area (TPSA) is 49.8 Å². The summed E-state index contributed by atoms with van der Waals surface area (Å²) in [6, 6.07) is 19.0. The smallest absolute Gasteiger partial charge is 0.225 e. The molecule has 1 aliphatic rings. The minimum absolute atomic E-state index is 0.570. The van der Waals surface area contributed by atoms with Crippen molar-refractivity contribution in [2.45, 2.75) is 25.4 Å². The predicted molar refractivity (Wildman–Crippen MR) is 90.0 cm³/mol. The van der Waals surface area contributed by atoms with Gasteiger partial charge in [-0.1, -0.05) is 42.5 Å². The number of nitrogens with zero attached hydrogens (tertiary/aromatic N) is 2. The standard InChI is InChI=1S/C18H18N4/c1-2-6-13(7-3-1)12-19-18-21-16-9-5-4-8-15(16)17(22-18)20-14-10-11-14/h1-9,14H,10-12H2,(H2,19,20,21,22). The number of anilines is 2. The molecule has 0 atom stereocenters. The van der Waals surface area contributed by atoms with Crippen LogP contribution < -0.4 is 10.6 Å². The summed E-state index contributed by atoms with van der Waals surface area (Å²) in [6.07, 6.45) is 2.45. The summed E-state index contributed by atoms with van der Waals surface area (Å²) in [7, 11) is 0. The van der Waals surface area contributed by atoms with Gasteiger partial charge in [0.05, 0.1) is 5.52 Å². The Hall–Kier alpha value is -2.62. The first kappa shape index (κ1) is 13.1. The molecule has 110 valence electrons. The highest BCUT2D eigenvalue weighted by Crippen LogP contribution is 2.28. The highest BCUT2D eigenvalue weighted by molar-refractivity contribution is 5.90. The van der Waals surface area contributed by atoms with Crippen LogP contribution in [0.25, 0.3) is 10.9 Å². The summed E-state index contributed by atoms with van der Waals surface area (Å²) < 4.78 is 0. The van der Waals surface area contributed by atoms with Gasteiger partial charge < -0.3 is 10.6 Å². The Kier molecular flexibility index (Phi) is 3.35. The van der Waals surface area contributed by atoms with E-state index in [9.17, 15) is 0 Å². The number of hydrogen-bond donors (Lipinski definition) is 2. The molecule has 1 aliphatic carbocycles. The highest BCUT2D eigenvalue weighted by Gasteiger charge is 2.22. The molecule has 0 spiro atoms. The lowest BCUT2D eigenvalue weighted by Crippen LogP contribution is -2.09. The fourth-order valence-electron chi connectivity index (χ4n) is 2.46. The van der Waals surface area contributed by atoms with Gasteiger partial charge in [0.2, 0.25) is 5.95 Å². The van der Waals surface area contributed by atoms with Gasteiger partial charge in [0, 0.05) is 18.0 Å². The molecule has 2 N–H and O–H groups in total. The van der Waals surface area contributed by atoms with Crippen LogP contribution in [0.2, 0.25) is 0 Å². The zero-order valence-corrected chi connectivity index (χ0v) is 12.3. The lowest BCUT2D eigenvalue weighted by Gasteiger charge is -2.11. The Morgan fingerprint density at radius 2 is 1.68 bits per heavy atom. The number of nitrogens with one attached hydrogen (secondary N) is 2. The maximum atomic E-state index is 4.66. The van der Waals surface area contributed by atoms with Gasteiger partial charge >= 0.3 is 0 Å². The van der Waals surface area contributed by atoms with E-state index >= 15 is 0 Å². The van der Waals surface area contributed by atoms with Gasteiger partial charge in [-0.2, -0.15) is 4.98 Å². The molecule has 0 amide bonds. The van der Waals surface area contributed by atoms with E-state index < -0.39 is 0 Å². The Balaban J connectivity index is 1.62. The lowest BCUT2D eigenvalue weighted by atomic mass is 10.2. The summed E-state index contributed by atoms with van der Waals surface area (Å²) in [5, 5.41) is 7.91. The fraction of sp³-hybridized carbons (Fsp3) is 0.222. The van der Waals surface area contributed by atoms with Crippen molar-refractivity contribution in [1.29, 1.82) is 0 Å². The number of rotatable bonds is 5. The van der Waals surface area contributed by atoms with E-state index in [2.05, 4.69) is 38.8 Å². The van der Waals surface area contributed by atoms with Gasteiger partial charge in [-0.3, -0.25) is 0 Å². The normalized spacial score (nSPS) is 14.0.